The van der Waals surface area contributed by atoms with E-state index in [0.717, 1.165) is 17.5 Å². The van der Waals surface area contributed by atoms with E-state index in [1.54, 1.807) is 13.0 Å². The highest BCUT2D eigenvalue weighted by molar-refractivity contribution is 5.62. The molecule has 0 unspecified atom stereocenters. The summed E-state index contributed by atoms with van der Waals surface area (Å²) in [5.74, 6) is -0.0554. The minimum Gasteiger partial charge on any atom is -0.364 e. The highest BCUT2D eigenvalue weighted by atomic mass is 19.1. The molecule has 118 valence electrons. The SMILES string of the molecule is C/C=C(\C)Cn1nc(-c2ncc(F)c(C)n2)cc1-c1ccon1. The zero-order chi connectivity index (χ0) is 16.4. The third kappa shape index (κ3) is 3.03. The number of rotatable bonds is 4. The fourth-order valence-corrected chi connectivity index (χ4v) is 2.10. The summed E-state index contributed by atoms with van der Waals surface area (Å²) in [5, 5.41) is 8.50. The molecule has 0 saturated heterocycles. The normalized spacial score (nSPS) is 11.9. The van der Waals surface area contributed by atoms with Gasteiger partial charge in [-0.05, 0) is 26.8 Å². The molecule has 0 aromatic carbocycles. The van der Waals surface area contributed by atoms with E-state index in [1.165, 1.54) is 6.26 Å². The van der Waals surface area contributed by atoms with Crippen molar-refractivity contribution in [1.82, 2.24) is 24.9 Å². The molecular formula is C16H16FN5O. The summed E-state index contributed by atoms with van der Waals surface area (Å²) in [6.45, 7) is 6.20. The molecule has 0 bridgehead atoms. The van der Waals surface area contributed by atoms with Gasteiger partial charge in [-0.3, -0.25) is 4.68 Å². The van der Waals surface area contributed by atoms with Crippen LogP contribution in [-0.4, -0.2) is 24.9 Å². The van der Waals surface area contributed by atoms with Crippen LogP contribution in [0.2, 0.25) is 0 Å². The third-order valence-corrected chi connectivity index (χ3v) is 3.52. The highest BCUT2D eigenvalue weighted by Crippen LogP contribution is 2.24. The number of nitrogens with zero attached hydrogens (tertiary/aromatic N) is 5. The summed E-state index contributed by atoms with van der Waals surface area (Å²) >= 11 is 0. The Morgan fingerprint density at radius 2 is 2.22 bits per heavy atom. The molecule has 0 spiro atoms. The Morgan fingerprint density at radius 1 is 1.39 bits per heavy atom. The van der Waals surface area contributed by atoms with Gasteiger partial charge in [-0.15, -0.1) is 0 Å². The summed E-state index contributed by atoms with van der Waals surface area (Å²) < 4.78 is 20.1. The largest absolute Gasteiger partial charge is 0.364 e. The van der Waals surface area contributed by atoms with E-state index in [-0.39, 0.29) is 5.69 Å². The van der Waals surface area contributed by atoms with Crippen LogP contribution in [-0.2, 0) is 6.54 Å². The molecular weight excluding hydrogens is 297 g/mol. The predicted molar refractivity (Wildman–Crippen MR) is 82.9 cm³/mol. The summed E-state index contributed by atoms with van der Waals surface area (Å²) in [6.07, 6.45) is 4.68. The van der Waals surface area contributed by atoms with Crippen LogP contribution in [0.5, 0.6) is 0 Å². The summed E-state index contributed by atoms with van der Waals surface area (Å²) in [5.41, 5.74) is 3.47. The van der Waals surface area contributed by atoms with E-state index in [0.29, 0.717) is 23.8 Å². The van der Waals surface area contributed by atoms with E-state index in [2.05, 4.69) is 20.2 Å². The van der Waals surface area contributed by atoms with Gasteiger partial charge in [-0.2, -0.15) is 5.10 Å². The second-order valence-electron chi connectivity index (χ2n) is 5.22. The minimum absolute atomic E-state index is 0.289. The van der Waals surface area contributed by atoms with Crippen molar-refractivity contribution in [3.63, 3.8) is 0 Å². The van der Waals surface area contributed by atoms with Gasteiger partial charge in [-0.25, -0.2) is 14.4 Å². The van der Waals surface area contributed by atoms with Crippen molar-refractivity contribution < 1.29 is 8.91 Å². The Labute approximate surface area is 132 Å². The monoisotopic (exact) mass is 313 g/mol. The summed E-state index contributed by atoms with van der Waals surface area (Å²) in [7, 11) is 0. The predicted octanol–water partition coefficient (Wildman–Crippen LogP) is 3.41. The number of aryl methyl sites for hydroxylation is 1. The first-order chi connectivity index (χ1) is 11.1. The molecule has 7 heteroatoms. The Kier molecular flexibility index (Phi) is 4.01. The first-order valence-corrected chi connectivity index (χ1v) is 7.18. The van der Waals surface area contributed by atoms with E-state index in [1.807, 2.05) is 30.7 Å². The van der Waals surface area contributed by atoms with Gasteiger partial charge in [0.15, 0.2) is 11.6 Å². The average Bonchev–Trinajstić information content (AvgIpc) is 3.19. The van der Waals surface area contributed by atoms with Crippen molar-refractivity contribution in [2.24, 2.45) is 0 Å². The Hall–Kier alpha value is -2.83. The number of hydrogen-bond acceptors (Lipinski definition) is 5. The van der Waals surface area contributed by atoms with Gasteiger partial charge in [0.25, 0.3) is 0 Å². The molecule has 3 rings (SSSR count). The maximum Gasteiger partial charge on any atom is 0.180 e. The molecule has 0 aliphatic heterocycles. The van der Waals surface area contributed by atoms with Crippen molar-refractivity contribution in [1.29, 1.82) is 0 Å². The lowest BCUT2D eigenvalue weighted by atomic mass is 10.2. The average molecular weight is 313 g/mol. The molecule has 0 saturated carbocycles. The summed E-state index contributed by atoms with van der Waals surface area (Å²) in [4.78, 5) is 8.18. The fourth-order valence-electron chi connectivity index (χ4n) is 2.10. The number of allylic oxidation sites excluding steroid dienone is 2. The molecule has 0 radical (unpaired) electrons. The zero-order valence-corrected chi connectivity index (χ0v) is 13.1. The maximum atomic E-state index is 13.4. The molecule has 6 nitrogen and oxygen atoms in total. The van der Waals surface area contributed by atoms with Crippen LogP contribution < -0.4 is 0 Å². The van der Waals surface area contributed by atoms with Gasteiger partial charge >= 0.3 is 0 Å². The van der Waals surface area contributed by atoms with Gasteiger partial charge in [0.2, 0.25) is 0 Å². The van der Waals surface area contributed by atoms with Crippen LogP contribution in [0.25, 0.3) is 22.9 Å². The minimum atomic E-state index is -0.435. The summed E-state index contributed by atoms with van der Waals surface area (Å²) in [6, 6.07) is 3.59. The molecule has 0 amide bonds. The number of hydrogen-bond donors (Lipinski definition) is 0. The first-order valence-electron chi connectivity index (χ1n) is 7.18. The molecule has 23 heavy (non-hydrogen) atoms. The third-order valence-electron chi connectivity index (χ3n) is 3.52. The topological polar surface area (TPSA) is 69.6 Å². The lowest BCUT2D eigenvalue weighted by Crippen LogP contribution is -2.04. The molecule has 0 aliphatic rings. The van der Waals surface area contributed by atoms with Crippen molar-refractivity contribution in [3.05, 3.63) is 47.8 Å². The van der Waals surface area contributed by atoms with Crippen LogP contribution in [0.15, 0.2) is 40.8 Å². The van der Waals surface area contributed by atoms with Gasteiger partial charge < -0.3 is 4.52 Å². The fraction of sp³-hybridized carbons (Fsp3) is 0.250. The van der Waals surface area contributed by atoms with Crippen LogP contribution in [0.1, 0.15) is 19.5 Å². The van der Waals surface area contributed by atoms with Crippen molar-refractivity contribution in [2.75, 3.05) is 0 Å². The van der Waals surface area contributed by atoms with Gasteiger partial charge in [0, 0.05) is 6.07 Å². The molecule has 0 fully saturated rings. The molecule has 0 N–H and O–H groups in total. The van der Waals surface area contributed by atoms with Crippen LogP contribution in [0.4, 0.5) is 4.39 Å². The second kappa shape index (κ2) is 6.12. The van der Waals surface area contributed by atoms with Gasteiger partial charge in [0.05, 0.1) is 24.1 Å². The van der Waals surface area contributed by atoms with Crippen molar-refractivity contribution in [2.45, 2.75) is 27.3 Å². The van der Waals surface area contributed by atoms with Crippen LogP contribution in [0.3, 0.4) is 0 Å². The molecule has 0 atom stereocenters. The van der Waals surface area contributed by atoms with Gasteiger partial charge in [-0.1, -0.05) is 16.8 Å². The number of aromatic nitrogens is 5. The molecule has 3 aromatic heterocycles. The Bertz CT molecular complexity index is 851. The Morgan fingerprint density at radius 3 is 2.87 bits per heavy atom. The van der Waals surface area contributed by atoms with E-state index >= 15 is 0 Å². The lowest BCUT2D eigenvalue weighted by molar-refractivity contribution is 0.421. The smallest absolute Gasteiger partial charge is 0.180 e. The quantitative estimate of drug-likeness (QED) is 0.690. The number of halogens is 1. The van der Waals surface area contributed by atoms with E-state index < -0.39 is 5.82 Å². The van der Waals surface area contributed by atoms with Gasteiger partial charge in [0.1, 0.15) is 17.7 Å². The van der Waals surface area contributed by atoms with Crippen LogP contribution >= 0.6 is 0 Å². The Balaban J connectivity index is 2.08. The van der Waals surface area contributed by atoms with Crippen LogP contribution in [0, 0.1) is 12.7 Å². The van der Waals surface area contributed by atoms with Crippen molar-refractivity contribution >= 4 is 0 Å². The molecule has 3 heterocycles. The lowest BCUT2D eigenvalue weighted by Gasteiger charge is -2.05. The first kappa shape index (κ1) is 15.1. The van der Waals surface area contributed by atoms with E-state index in [4.69, 9.17) is 4.52 Å². The molecule has 3 aromatic rings. The highest BCUT2D eigenvalue weighted by Gasteiger charge is 2.16. The van der Waals surface area contributed by atoms with Crippen molar-refractivity contribution in [3.8, 4) is 22.9 Å². The zero-order valence-electron chi connectivity index (χ0n) is 13.1. The standard InChI is InChI=1S/C16H16FN5O/c1-4-10(2)9-22-15(13-5-6-23-21-13)7-14(20-22)16-18-8-12(17)11(3)19-16/h4-8H,9H2,1-3H3/b10-4+. The second-order valence-corrected chi connectivity index (χ2v) is 5.22. The molecule has 0 aliphatic carbocycles. The van der Waals surface area contributed by atoms with E-state index in [9.17, 15) is 4.39 Å². The maximum absolute atomic E-state index is 13.4.